The van der Waals surface area contributed by atoms with Gasteiger partial charge in [0.2, 0.25) is 0 Å². The average molecular weight is 718 g/mol. The molecule has 274 valence electrons. The first-order valence-electron chi connectivity index (χ1n) is 20.7. The highest BCUT2D eigenvalue weighted by molar-refractivity contribution is 6.32. The molecule has 0 unspecified atom stereocenters. The second kappa shape index (κ2) is 19.0. The van der Waals surface area contributed by atoms with E-state index in [-0.39, 0.29) is 0 Å². The highest BCUT2D eigenvalue weighted by atomic mass is 35.5. The van der Waals surface area contributed by atoms with E-state index < -0.39 is 0 Å². The van der Waals surface area contributed by atoms with Crippen molar-refractivity contribution in [2.24, 2.45) is 11.8 Å². The molecular formula is C46H66Cl2N2. The summed E-state index contributed by atoms with van der Waals surface area (Å²) < 4.78 is 0. The Kier molecular flexibility index (Phi) is 14.5. The molecule has 0 aliphatic heterocycles. The second-order valence-corrected chi connectivity index (χ2v) is 17.6. The van der Waals surface area contributed by atoms with Crippen molar-refractivity contribution < 1.29 is 0 Å². The molecule has 2 aromatic carbocycles. The molecule has 4 fully saturated rings. The highest BCUT2D eigenvalue weighted by Crippen LogP contribution is 2.45. The zero-order valence-corrected chi connectivity index (χ0v) is 33.2. The van der Waals surface area contributed by atoms with Gasteiger partial charge >= 0.3 is 0 Å². The molecule has 0 N–H and O–H groups in total. The number of halogens is 2. The van der Waals surface area contributed by atoms with E-state index in [0.717, 1.165) is 47.6 Å². The van der Waals surface area contributed by atoms with Crippen molar-refractivity contribution in [3.8, 4) is 0 Å². The number of benzene rings is 2. The van der Waals surface area contributed by atoms with Gasteiger partial charge in [-0.1, -0.05) is 117 Å². The molecule has 4 saturated carbocycles. The fraction of sp³-hybridized carbons (Fsp3) is 0.652. The fourth-order valence-electron chi connectivity index (χ4n) is 10.4. The summed E-state index contributed by atoms with van der Waals surface area (Å²) in [4.78, 5) is 5.28. The van der Waals surface area contributed by atoms with Crippen molar-refractivity contribution in [1.29, 1.82) is 0 Å². The van der Waals surface area contributed by atoms with Crippen molar-refractivity contribution >= 4 is 35.4 Å². The van der Waals surface area contributed by atoms with Crippen molar-refractivity contribution in [3.05, 3.63) is 80.3 Å². The number of nitrogens with zero attached hydrogens (tertiary/aromatic N) is 2. The fourth-order valence-corrected chi connectivity index (χ4v) is 11.1. The van der Waals surface area contributed by atoms with Crippen LogP contribution in [-0.4, -0.2) is 48.6 Å². The lowest BCUT2D eigenvalue weighted by molar-refractivity contribution is 0.127. The van der Waals surface area contributed by atoms with Gasteiger partial charge in [0.15, 0.2) is 0 Å². The Labute approximate surface area is 316 Å². The third kappa shape index (κ3) is 10.3. The van der Waals surface area contributed by atoms with Gasteiger partial charge in [-0.3, -0.25) is 9.80 Å². The Balaban J connectivity index is 0.921. The second-order valence-electron chi connectivity index (χ2n) is 16.8. The van der Waals surface area contributed by atoms with E-state index in [0.29, 0.717) is 17.9 Å². The van der Waals surface area contributed by atoms with Crippen LogP contribution in [0.5, 0.6) is 0 Å². The maximum absolute atomic E-state index is 6.99. The summed E-state index contributed by atoms with van der Waals surface area (Å²) in [5.74, 6) is 3.08. The van der Waals surface area contributed by atoms with Gasteiger partial charge in [0.05, 0.1) is 0 Å². The smallest absolute Gasteiger partial charge is 0.0446 e. The summed E-state index contributed by atoms with van der Waals surface area (Å²) in [5.41, 5.74) is 6.69. The van der Waals surface area contributed by atoms with E-state index >= 15 is 0 Å². The molecule has 4 aliphatic rings. The van der Waals surface area contributed by atoms with Crippen LogP contribution in [0.4, 0.5) is 0 Å². The minimum absolute atomic E-state index is 0.618. The largest absolute Gasteiger partial charge is 0.300 e. The third-order valence-electron chi connectivity index (χ3n) is 13.4. The molecule has 0 atom stereocenters. The lowest BCUT2D eigenvalue weighted by Gasteiger charge is -2.40. The van der Waals surface area contributed by atoms with Crippen LogP contribution in [0.25, 0.3) is 12.2 Å². The average Bonchev–Trinajstić information content (AvgIpc) is 3.15. The molecule has 0 saturated heterocycles. The van der Waals surface area contributed by atoms with E-state index in [9.17, 15) is 0 Å². The first kappa shape index (κ1) is 38.2. The first-order chi connectivity index (χ1) is 24.4. The lowest BCUT2D eigenvalue weighted by Crippen LogP contribution is -2.37. The van der Waals surface area contributed by atoms with E-state index in [1.807, 2.05) is 0 Å². The third-order valence-corrected chi connectivity index (χ3v) is 14.1. The molecule has 2 nitrogen and oxygen atoms in total. The van der Waals surface area contributed by atoms with Gasteiger partial charge < -0.3 is 0 Å². The Morgan fingerprint density at radius 3 is 1.80 bits per heavy atom. The Morgan fingerprint density at radius 2 is 1.20 bits per heavy atom. The van der Waals surface area contributed by atoms with Crippen LogP contribution in [-0.2, 0) is 0 Å². The molecule has 0 aromatic heterocycles. The van der Waals surface area contributed by atoms with Crippen LogP contribution in [0.2, 0.25) is 10.0 Å². The van der Waals surface area contributed by atoms with Gasteiger partial charge in [-0.2, -0.15) is 0 Å². The molecule has 4 heteroatoms. The van der Waals surface area contributed by atoms with E-state index in [1.54, 1.807) is 0 Å². The van der Waals surface area contributed by atoms with Gasteiger partial charge in [0, 0.05) is 35.2 Å². The van der Waals surface area contributed by atoms with Crippen molar-refractivity contribution in [2.75, 3.05) is 26.7 Å². The number of hydrogen-bond acceptors (Lipinski definition) is 2. The monoisotopic (exact) mass is 716 g/mol. The van der Waals surface area contributed by atoms with Crippen LogP contribution in [0.3, 0.4) is 0 Å². The summed E-state index contributed by atoms with van der Waals surface area (Å²) in [5, 5.41) is 1.94. The quantitative estimate of drug-likeness (QED) is 0.216. The molecule has 0 radical (unpaired) electrons. The first-order valence-corrected chi connectivity index (χ1v) is 21.5. The minimum Gasteiger partial charge on any atom is -0.300 e. The number of hydrogen-bond donors (Lipinski definition) is 0. The molecule has 0 spiro atoms. The van der Waals surface area contributed by atoms with E-state index in [4.69, 9.17) is 23.2 Å². The summed E-state index contributed by atoms with van der Waals surface area (Å²) >= 11 is 13.7. The predicted molar refractivity (Wildman–Crippen MR) is 219 cm³/mol. The topological polar surface area (TPSA) is 6.48 Å². The van der Waals surface area contributed by atoms with Gasteiger partial charge in [-0.05, 0) is 156 Å². The maximum Gasteiger partial charge on any atom is 0.0446 e. The van der Waals surface area contributed by atoms with Crippen molar-refractivity contribution in [2.45, 2.75) is 153 Å². The zero-order valence-electron chi connectivity index (χ0n) is 31.7. The van der Waals surface area contributed by atoms with Gasteiger partial charge in [0.1, 0.15) is 0 Å². The summed E-state index contributed by atoms with van der Waals surface area (Å²) in [6.45, 7) is 7.84. The Bertz CT molecular complexity index is 1400. The van der Waals surface area contributed by atoms with Crippen molar-refractivity contribution in [1.82, 2.24) is 9.80 Å². The lowest BCUT2D eigenvalue weighted by atomic mass is 9.69. The van der Waals surface area contributed by atoms with E-state index in [2.05, 4.69) is 85.3 Å². The van der Waals surface area contributed by atoms with Crippen LogP contribution in [0.15, 0.2) is 48.0 Å². The number of rotatable bonds is 12. The van der Waals surface area contributed by atoms with Crippen molar-refractivity contribution in [3.63, 3.8) is 0 Å². The summed E-state index contributed by atoms with van der Waals surface area (Å²) in [7, 11) is 2.32. The molecule has 4 aliphatic carbocycles. The maximum atomic E-state index is 6.99. The number of likely N-dealkylation sites (N-methyl/N-ethyl adjacent to an activating group) is 2. The minimum atomic E-state index is 0.618. The normalized spacial score (nSPS) is 26.3. The molecule has 0 bridgehead atoms. The Morgan fingerprint density at radius 1 is 0.660 bits per heavy atom. The van der Waals surface area contributed by atoms with Crippen LogP contribution >= 0.6 is 23.2 Å². The van der Waals surface area contributed by atoms with Crippen LogP contribution < -0.4 is 0 Å². The van der Waals surface area contributed by atoms with Gasteiger partial charge in [-0.15, -0.1) is 0 Å². The zero-order chi connectivity index (χ0) is 34.9. The van der Waals surface area contributed by atoms with Crippen LogP contribution in [0, 0.1) is 11.8 Å². The molecular weight excluding hydrogens is 651 g/mol. The molecule has 2 aromatic rings. The van der Waals surface area contributed by atoms with E-state index in [1.165, 1.54) is 143 Å². The Hall–Kier alpha value is -1.58. The summed E-state index contributed by atoms with van der Waals surface area (Å²) in [6, 6.07) is 15.1. The summed E-state index contributed by atoms with van der Waals surface area (Å²) in [6.07, 6.45) is 31.4. The molecule has 0 amide bonds. The SMILES string of the molecule is CCN(C/C(C)=C/c1ccc(C2CCC(C3CCC(N(C)C/C=C\c4ccc(C5CCCCC5)c(Cl)c4)CC3)CC2)c(Cl)c1)C1CCCCC1. The molecule has 6 rings (SSSR count). The predicted octanol–water partition coefficient (Wildman–Crippen LogP) is 13.6. The molecule has 50 heavy (non-hydrogen) atoms. The highest BCUT2D eigenvalue weighted by Gasteiger charge is 2.32. The van der Waals surface area contributed by atoms with Gasteiger partial charge in [0.25, 0.3) is 0 Å². The van der Waals surface area contributed by atoms with Gasteiger partial charge in [-0.25, -0.2) is 0 Å². The van der Waals surface area contributed by atoms with Crippen LogP contribution in [0.1, 0.15) is 164 Å². The molecule has 0 heterocycles. The standard InChI is InChI=1S/C46H66Cl2N2/c1-4-50(42-15-9-6-10-16-42)33-34(2)30-36-18-28-44(46(48)32-36)40-21-19-37(20-22-40)38-23-25-41(26-24-38)49(3)29-11-12-35-17-27-43(45(47)31-35)39-13-7-5-8-14-39/h11-12,17-18,27-28,30-32,37-42H,4-10,13-16,19-26,29,33H2,1-3H3/b12-11-,34-30+.